The zero-order valence-corrected chi connectivity index (χ0v) is 8.89. The van der Waals surface area contributed by atoms with E-state index in [0.717, 1.165) is 18.0 Å². The number of rotatable bonds is 2. The molecule has 0 amide bonds. The molecule has 2 saturated carbocycles. The van der Waals surface area contributed by atoms with Crippen LogP contribution < -0.4 is 5.32 Å². The van der Waals surface area contributed by atoms with Crippen molar-refractivity contribution < 1.29 is 0 Å². The Bertz CT molecular complexity index is 149. The molecule has 0 heterocycles. The molecule has 0 aromatic heterocycles. The predicted molar refractivity (Wildman–Crippen MR) is 56.8 cm³/mol. The lowest BCUT2D eigenvalue weighted by atomic mass is 9.85. The highest BCUT2D eigenvalue weighted by Crippen LogP contribution is 2.26. The van der Waals surface area contributed by atoms with E-state index in [0.29, 0.717) is 0 Å². The molecule has 1 heteroatoms. The van der Waals surface area contributed by atoms with Gasteiger partial charge in [0.2, 0.25) is 0 Å². The van der Waals surface area contributed by atoms with Crippen LogP contribution in [-0.4, -0.2) is 12.1 Å². The van der Waals surface area contributed by atoms with Crippen LogP contribution in [0, 0.1) is 5.92 Å². The summed E-state index contributed by atoms with van der Waals surface area (Å²) in [7, 11) is 0. The molecule has 1 N–H and O–H groups in total. The lowest BCUT2D eigenvalue weighted by molar-refractivity contribution is 0.258. The Morgan fingerprint density at radius 1 is 0.846 bits per heavy atom. The smallest absolute Gasteiger partial charge is 0.00952 e. The van der Waals surface area contributed by atoms with Crippen molar-refractivity contribution in [1.29, 1.82) is 0 Å². The molecule has 0 aromatic carbocycles. The van der Waals surface area contributed by atoms with Crippen LogP contribution in [0.1, 0.15) is 58.3 Å². The van der Waals surface area contributed by atoms with Gasteiger partial charge in [-0.05, 0) is 31.6 Å². The van der Waals surface area contributed by atoms with Crippen molar-refractivity contribution in [2.24, 2.45) is 5.92 Å². The number of nitrogens with one attached hydrogen (secondary N) is 1. The molecule has 2 fully saturated rings. The molecule has 0 bridgehead atoms. The van der Waals surface area contributed by atoms with Crippen molar-refractivity contribution in [3.8, 4) is 0 Å². The van der Waals surface area contributed by atoms with Gasteiger partial charge in [0.15, 0.2) is 0 Å². The molecule has 0 saturated heterocycles. The molecule has 0 spiro atoms. The fourth-order valence-electron chi connectivity index (χ4n) is 2.96. The van der Waals surface area contributed by atoms with Crippen molar-refractivity contribution in [2.75, 3.05) is 0 Å². The maximum atomic E-state index is 3.87. The first-order valence-electron chi connectivity index (χ1n) is 6.12. The molecular weight excluding hydrogens is 158 g/mol. The van der Waals surface area contributed by atoms with Gasteiger partial charge >= 0.3 is 0 Å². The topological polar surface area (TPSA) is 12.0 Å². The minimum Gasteiger partial charge on any atom is -0.311 e. The van der Waals surface area contributed by atoms with Crippen LogP contribution >= 0.6 is 0 Å². The standard InChI is InChI=1S/C12H23N/c1-10-6-2-5-9-12(10)13-11-7-3-4-8-11/h10-13H,2-9H2,1H3/t10-,12-/m1/s1. The summed E-state index contributed by atoms with van der Waals surface area (Å²) in [5.41, 5.74) is 0. The lowest BCUT2D eigenvalue weighted by Gasteiger charge is -2.32. The number of hydrogen-bond acceptors (Lipinski definition) is 1. The SMILES string of the molecule is C[C@@H]1CCCC[C@H]1NC1CCCC1. The third-order valence-electron chi connectivity index (χ3n) is 3.92. The van der Waals surface area contributed by atoms with Gasteiger partial charge in [0.05, 0.1) is 0 Å². The Morgan fingerprint density at radius 2 is 1.46 bits per heavy atom. The van der Waals surface area contributed by atoms with E-state index in [2.05, 4.69) is 12.2 Å². The summed E-state index contributed by atoms with van der Waals surface area (Å²) in [5.74, 6) is 0.925. The van der Waals surface area contributed by atoms with Crippen molar-refractivity contribution in [1.82, 2.24) is 5.32 Å². The highest BCUT2D eigenvalue weighted by atomic mass is 15.0. The summed E-state index contributed by atoms with van der Waals surface area (Å²) in [4.78, 5) is 0. The van der Waals surface area contributed by atoms with Gasteiger partial charge in [0.1, 0.15) is 0 Å². The van der Waals surface area contributed by atoms with Gasteiger partial charge in [-0.3, -0.25) is 0 Å². The quantitative estimate of drug-likeness (QED) is 0.690. The highest BCUT2D eigenvalue weighted by Gasteiger charge is 2.24. The molecular formula is C12H23N. The first-order chi connectivity index (χ1) is 6.36. The summed E-state index contributed by atoms with van der Waals surface area (Å²) in [6, 6.07) is 1.71. The van der Waals surface area contributed by atoms with Crippen molar-refractivity contribution in [3.05, 3.63) is 0 Å². The summed E-state index contributed by atoms with van der Waals surface area (Å²) in [6.07, 6.45) is 11.6. The minimum atomic E-state index is 0.844. The van der Waals surface area contributed by atoms with Crippen LogP contribution in [0.2, 0.25) is 0 Å². The molecule has 2 aliphatic carbocycles. The summed E-state index contributed by atoms with van der Waals surface area (Å²) in [5, 5.41) is 3.87. The van der Waals surface area contributed by atoms with Crippen molar-refractivity contribution >= 4 is 0 Å². The largest absolute Gasteiger partial charge is 0.311 e. The minimum absolute atomic E-state index is 0.844. The first kappa shape index (κ1) is 9.51. The summed E-state index contributed by atoms with van der Waals surface area (Å²) in [6.45, 7) is 2.42. The Labute approximate surface area is 82.3 Å². The second kappa shape index (κ2) is 4.45. The Morgan fingerprint density at radius 3 is 2.15 bits per heavy atom. The zero-order chi connectivity index (χ0) is 9.10. The van der Waals surface area contributed by atoms with E-state index in [1.165, 1.54) is 51.4 Å². The van der Waals surface area contributed by atoms with Gasteiger partial charge in [0, 0.05) is 12.1 Å². The molecule has 2 atom stereocenters. The molecule has 0 aliphatic heterocycles. The normalized spacial score (nSPS) is 36.7. The van der Waals surface area contributed by atoms with Gasteiger partial charge < -0.3 is 5.32 Å². The molecule has 2 aliphatic rings. The zero-order valence-electron chi connectivity index (χ0n) is 8.89. The Hall–Kier alpha value is -0.0400. The van der Waals surface area contributed by atoms with Crippen LogP contribution in [0.5, 0.6) is 0 Å². The first-order valence-corrected chi connectivity index (χ1v) is 6.12. The van der Waals surface area contributed by atoms with E-state index in [-0.39, 0.29) is 0 Å². The van der Waals surface area contributed by atoms with Crippen LogP contribution in [0.3, 0.4) is 0 Å². The highest BCUT2D eigenvalue weighted by molar-refractivity contribution is 4.83. The van der Waals surface area contributed by atoms with Crippen LogP contribution in [0.15, 0.2) is 0 Å². The average molecular weight is 181 g/mol. The molecule has 0 unspecified atom stereocenters. The molecule has 1 nitrogen and oxygen atoms in total. The van der Waals surface area contributed by atoms with Crippen LogP contribution in [-0.2, 0) is 0 Å². The van der Waals surface area contributed by atoms with E-state index in [9.17, 15) is 0 Å². The molecule has 13 heavy (non-hydrogen) atoms. The maximum absolute atomic E-state index is 3.87. The number of hydrogen-bond donors (Lipinski definition) is 1. The van der Waals surface area contributed by atoms with Gasteiger partial charge in [-0.2, -0.15) is 0 Å². The second-order valence-electron chi connectivity index (χ2n) is 5.02. The monoisotopic (exact) mass is 181 g/mol. The van der Waals surface area contributed by atoms with E-state index >= 15 is 0 Å². The van der Waals surface area contributed by atoms with Gasteiger partial charge in [0.25, 0.3) is 0 Å². The Balaban J connectivity index is 1.78. The fourth-order valence-corrected chi connectivity index (χ4v) is 2.96. The van der Waals surface area contributed by atoms with E-state index in [1.807, 2.05) is 0 Å². The molecule has 2 rings (SSSR count). The summed E-state index contributed by atoms with van der Waals surface area (Å²) >= 11 is 0. The molecule has 0 aromatic rings. The molecule has 76 valence electrons. The van der Waals surface area contributed by atoms with E-state index in [4.69, 9.17) is 0 Å². The third-order valence-corrected chi connectivity index (χ3v) is 3.92. The van der Waals surface area contributed by atoms with Gasteiger partial charge in [-0.15, -0.1) is 0 Å². The predicted octanol–water partition coefficient (Wildman–Crippen LogP) is 3.10. The van der Waals surface area contributed by atoms with Crippen LogP contribution in [0.25, 0.3) is 0 Å². The van der Waals surface area contributed by atoms with Gasteiger partial charge in [-0.1, -0.05) is 32.6 Å². The van der Waals surface area contributed by atoms with E-state index < -0.39 is 0 Å². The van der Waals surface area contributed by atoms with Crippen molar-refractivity contribution in [2.45, 2.75) is 70.4 Å². The molecule has 0 radical (unpaired) electrons. The van der Waals surface area contributed by atoms with Crippen LogP contribution in [0.4, 0.5) is 0 Å². The fraction of sp³-hybridized carbons (Fsp3) is 1.00. The lowest BCUT2D eigenvalue weighted by Crippen LogP contribution is -2.42. The van der Waals surface area contributed by atoms with Gasteiger partial charge in [-0.25, -0.2) is 0 Å². The van der Waals surface area contributed by atoms with E-state index in [1.54, 1.807) is 0 Å². The maximum Gasteiger partial charge on any atom is 0.00952 e. The third kappa shape index (κ3) is 2.46. The van der Waals surface area contributed by atoms with Crippen molar-refractivity contribution in [3.63, 3.8) is 0 Å². The second-order valence-corrected chi connectivity index (χ2v) is 5.02. The Kier molecular flexibility index (Phi) is 3.26. The summed E-state index contributed by atoms with van der Waals surface area (Å²) < 4.78 is 0. The average Bonchev–Trinajstić information content (AvgIpc) is 2.61.